The molecule has 0 aromatic heterocycles. The maximum atomic E-state index is 3.66. The highest BCUT2D eigenvalue weighted by atomic mass is 79.9. The van der Waals surface area contributed by atoms with Crippen LogP contribution in [-0.4, -0.2) is 5.75 Å². The van der Waals surface area contributed by atoms with Gasteiger partial charge in [0, 0.05) is 19.6 Å². The third kappa shape index (κ3) is 3.01. The van der Waals surface area contributed by atoms with Gasteiger partial charge in [0.25, 0.3) is 0 Å². The summed E-state index contributed by atoms with van der Waals surface area (Å²) in [6.07, 6.45) is 1.15. The number of halogens is 2. The number of hydrogen-bond acceptors (Lipinski definition) is 2. The van der Waals surface area contributed by atoms with Gasteiger partial charge < -0.3 is 5.32 Å². The fourth-order valence-corrected chi connectivity index (χ4v) is 4.14. The second-order valence-electron chi connectivity index (χ2n) is 4.50. The van der Waals surface area contributed by atoms with Crippen molar-refractivity contribution >= 4 is 49.3 Å². The molecule has 0 radical (unpaired) electrons. The van der Waals surface area contributed by atoms with Crippen LogP contribution in [0, 0.1) is 0 Å². The van der Waals surface area contributed by atoms with E-state index in [0.29, 0.717) is 6.04 Å². The summed E-state index contributed by atoms with van der Waals surface area (Å²) < 4.78 is 2.20. The van der Waals surface area contributed by atoms with Crippen LogP contribution >= 0.6 is 43.6 Å². The van der Waals surface area contributed by atoms with Gasteiger partial charge in [-0.15, -0.1) is 11.8 Å². The summed E-state index contributed by atoms with van der Waals surface area (Å²) in [5, 5.41) is 3.66. The number of fused-ring (bicyclic) bond motifs is 1. The predicted octanol–water partition coefficient (Wildman–Crippen LogP) is 5.86. The minimum atomic E-state index is 0.392. The Kier molecular flexibility index (Phi) is 4.20. The zero-order chi connectivity index (χ0) is 13.2. The molecule has 1 nitrogen and oxygen atoms in total. The highest BCUT2D eigenvalue weighted by Crippen LogP contribution is 2.39. The van der Waals surface area contributed by atoms with E-state index in [-0.39, 0.29) is 0 Å². The Balaban J connectivity index is 1.90. The van der Waals surface area contributed by atoms with Crippen LogP contribution in [0.25, 0.3) is 0 Å². The van der Waals surface area contributed by atoms with Crippen molar-refractivity contribution in [2.24, 2.45) is 0 Å². The molecule has 1 aliphatic heterocycles. The van der Waals surface area contributed by atoms with Gasteiger partial charge in [0.15, 0.2) is 0 Å². The Bertz CT molecular complexity index is 600. The molecule has 4 heteroatoms. The third-order valence-electron chi connectivity index (χ3n) is 3.22. The van der Waals surface area contributed by atoms with E-state index in [1.54, 1.807) is 0 Å². The lowest BCUT2D eigenvalue weighted by Crippen LogP contribution is -2.16. The number of anilines is 1. The lowest BCUT2D eigenvalue weighted by molar-refractivity contribution is 0.728. The van der Waals surface area contributed by atoms with Gasteiger partial charge in [0.1, 0.15) is 0 Å². The van der Waals surface area contributed by atoms with E-state index >= 15 is 0 Å². The Hall–Kier alpha value is -0.450. The van der Waals surface area contributed by atoms with E-state index in [4.69, 9.17) is 0 Å². The van der Waals surface area contributed by atoms with Crippen LogP contribution in [0.1, 0.15) is 18.0 Å². The van der Waals surface area contributed by atoms with Crippen LogP contribution in [0.3, 0.4) is 0 Å². The lowest BCUT2D eigenvalue weighted by Gasteiger charge is -2.27. The molecule has 0 bridgehead atoms. The predicted molar refractivity (Wildman–Crippen MR) is 90.0 cm³/mol. The first-order chi connectivity index (χ1) is 9.24. The fraction of sp³-hybridized carbons (Fsp3) is 0.200. The van der Waals surface area contributed by atoms with E-state index in [2.05, 4.69) is 73.6 Å². The fourth-order valence-electron chi connectivity index (χ4n) is 2.29. The first-order valence-electron chi connectivity index (χ1n) is 6.17. The van der Waals surface area contributed by atoms with Crippen molar-refractivity contribution in [2.45, 2.75) is 17.4 Å². The minimum absolute atomic E-state index is 0.392. The number of benzene rings is 2. The molecule has 19 heavy (non-hydrogen) atoms. The van der Waals surface area contributed by atoms with Gasteiger partial charge in [-0.25, -0.2) is 0 Å². The third-order valence-corrected chi connectivity index (χ3v) is 5.52. The number of rotatable bonds is 2. The van der Waals surface area contributed by atoms with E-state index < -0.39 is 0 Å². The normalized spacial score (nSPS) is 17.9. The topological polar surface area (TPSA) is 12.0 Å². The lowest BCUT2D eigenvalue weighted by atomic mass is 10.0. The quantitative estimate of drug-likeness (QED) is 0.679. The second-order valence-corrected chi connectivity index (χ2v) is 7.40. The molecule has 0 amide bonds. The molecule has 1 aliphatic rings. The van der Waals surface area contributed by atoms with Crippen molar-refractivity contribution in [3.05, 3.63) is 57.0 Å². The zero-order valence-corrected chi connectivity index (χ0v) is 14.2. The Morgan fingerprint density at radius 2 is 1.95 bits per heavy atom. The molecule has 0 saturated heterocycles. The molecule has 3 rings (SSSR count). The largest absolute Gasteiger partial charge is 0.377 e. The average molecular weight is 399 g/mol. The number of nitrogens with one attached hydrogen (secondary N) is 1. The Morgan fingerprint density at radius 3 is 2.84 bits per heavy atom. The molecule has 1 heterocycles. The monoisotopic (exact) mass is 397 g/mol. The molecule has 0 aliphatic carbocycles. The van der Waals surface area contributed by atoms with Gasteiger partial charge in [-0.1, -0.05) is 34.1 Å². The van der Waals surface area contributed by atoms with Gasteiger partial charge in [0.2, 0.25) is 0 Å². The Morgan fingerprint density at radius 1 is 1.11 bits per heavy atom. The van der Waals surface area contributed by atoms with Crippen LogP contribution < -0.4 is 5.32 Å². The molecular formula is C15H13Br2NS. The van der Waals surface area contributed by atoms with Crippen molar-refractivity contribution in [3.63, 3.8) is 0 Å². The molecule has 1 unspecified atom stereocenters. The summed E-state index contributed by atoms with van der Waals surface area (Å²) in [6, 6.07) is 15.3. The van der Waals surface area contributed by atoms with Gasteiger partial charge in [-0.2, -0.15) is 0 Å². The standard InChI is InChI=1S/C15H13Br2NS/c16-10-5-6-12(17)14(9-10)18-13-7-8-19-15-4-2-1-3-11(13)15/h1-6,9,13,18H,7-8H2. The molecule has 0 spiro atoms. The summed E-state index contributed by atoms with van der Waals surface area (Å²) in [6.45, 7) is 0. The molecule has 2 aromatic carbocycles. The molecule has 98 valence electrons. The van der Waals surface area contributed by atoms with E-state index in [1.807, 2.05) is 17.8 Å². The summed E-state index contributed by atoms with van der Waals surface area (Å²) in [5.41, 5.74) is 2.55. The SMILES string of the molecule is Brc1ccc(Br)c(NC2CCSc3ccccc32)c1. The maximum absolute atomic E-state index is 3.66. The van der Waals surface area contributed by atoms with E-state index in [9.17, 15) is 0 Å². The van der Waals surface area contributed by atoms with Gasteiger partial charge in [-0.05, 0) is 52.2 Å². The van der Waals surface area contributed by atoms with E-state index in [0.717, 1.165) is 21.1 Å². The molecule has 1 N–H and O–H groups in total. The van der Waals surface area contributed by atoms with Crippen molar-refractivity contribution in [3.8, 4) is 0 Å². The average Bonchev–Trinajstić information content (AvgIpc) is 2.43. The minimum Gasteiger partial charge on any atom is -0.377 e. The van der Waals surface area contributed by atoms with Crippen LogP contribution in [-0.2, 0) is 0 Å². The van der Waals surface area contributed by atoms with E-state index in [1.165, 1.54) is 16.2 Å². The summed E-state index contributed by atoms with van der Waals surface area (Å²) in [7, 11) is 0. The van der Waals surface area contributed by atoms with Crippen LogP contribution in [0.4, 0.5) is 5.69 Å². The highest BCUT2D eigenvalue weighted by molar-refractivity contribution is 9.11. The Labute approximate surface area is 134 Å². The molecule has 0 fully saturated rings. The van der Waals surface area contributed by atoms with Gasteiger partial charge >= 0.3 is 0 Å². The smallest absolute Gasteiger partial charge is 0.0533 e. The van der Waals surface area contributed by atoms with Gasteiger partial charge in [-0.3, -0.25) is 0 Å². The summed E-state index contributed by atoms with van der Waals surface area (Å²) in [4.78, 5) is 1.40. The van der Waals surface area contributed by atoms with Crippen molar-refractivity contribution in [1.82, 2.24) is 0 Å². The first kappa shape index (κ1) is 13.5. The second kappa shape index (κ2) is 5.90. The van der Waals surface area contributed by atoms with Crippen molar-refractivity contribution < 1.29 is 0 Å². The molecule has 1 atom stereocenters. The van der Waals surface area contributed by atoms with Crippen molar-refractivity contribution in [1.29, 1.82) is 0 Å². The number of hydrogen-bond donors (Lipinski definition) is 1. The van der Waals surface area contributed by atoms with Crippen LogP contribution in [0.5, 0.6) is 0 Å². The molecule has 2 aromatic rings. The number of thioether (sulfide) groups is 1. The summed E-state index contributed by atoms with van der Waals surface area (Å²) >= 11 is 9.09. The maximum Gasteiger partial charge on any atom is 0.0533 e. The zero-order valence-electron chi connectivity index (χ0n) is 10.2. The highest BCUT2D eigenvalue weighted by Gasteiger charge is 2.20. The van der Waals surface area contributed by atoms with Gasteiger partial charge in [0.05, 0.1) is 11.7 Å². The molecule has 0 saturated carbocycles. The molecular weight excluding hydrogens is 386 g/mol. The summed E-state index contributed by atoms with van der Waals surface area (Å²) in [5.74, 6) is 1.17. The van der Waals surface area contributed by atoms with Crippen molar-refractivity contribution in [2.75, 3.05) is 11.1 Å². The van der Waals surface area contributed by atoms with Crippen LogP contribution in [0.15, 0.2) is 56.3 Å². The first-order valence-corrected chi connectivity index (χ1v) is 8.74. The van der Waals surface area contributed by atoms with Crippen LogP contribution in [0.2, 0.25) is 0 Å².